The number of fused-ring (bicyclic) bond motifs is 5. The summed E-state index contributed by atoms with van der Waals surface area (Å²) in [5.41, 5.74) is 14.1. The van der Waals surface area contributed by atoms with Crippen LogP contribution in [0.3, 0.4) is 0 Å². The minimum absolute atomic E-state index is 0.0486. The molecule has 12 rings (SSSR count). The molecule has 4 nitrogen and oxygen atoms in total. The van der Waals surface area contributed by atoms with Crippen LogP contribution in [0.4, 0.5) is 17.1 Å². The molecule has 0 amide bonds. The molecule has 8 aromatic carbocycles. The lowest BCUT2D eigenvalue weighted by Gasteiger charge is -2.28. The first-order valence-corrected chi connectivity index (χ1v) is 18.3. The van der Waals surface area contributed by atoms with Gasteiger partial charge in [-0.2, -0.15) is 0 Å². The van der Waals surface area contributed by atoms with E-state index in [1.807, 2.05) is 18.2 Å². The van der Waals surface area contributed by atoms with Gasteiger partial charge in [0.25, 0.3) is 0 Å². The van der Waals surface area contributed by atoms with Crippen molar-refractivity contribution < 1.29 is 9.47 Å². The summed E-state index contributed by atoms with van der Waals surface area (Å²) in [6.07, 6.45) is 0. The van der Waals surface area contributed by atoms with Gasteiger partial charge in [0.1, 0.15) is 5.69 Å². The van der Waals surface area contributed by atoms with Crippen LogP contribution in [0, 0.1) is 0 Å². The van der Waals surface area contributed by atoms with Gasteiger partial charge in [-0.05, 0) is 111 Å². The van der Waals surface area contributed by atoms with Crippen LogP contribution in [0.5, 0.6) is 23.0 Å². The van der Waals surface area contributed by atoms with Gasteiger partial charge in [-0.1, -0.05) is 105 Å². The molecule has 2 aliphatic heterocycles. The molecule has 3 aliphatic rings. The molecule has 3 heterocycles. The van der Waals surface area contributed by atoms with Gasteiger partial charge in [0.15, 0.2) is 23.0 Å². The summed E-state index contributed by atoms with van der Waals surface area (Å²) in [6.45, 7) is 4.67. The molecule has 9 aromatic rings. The Balaban J connectivity index is 1.01. The Bertz CT molecular complexity index is 3040. The summed E-state index contributed by atoms with van der Waals surface area (Å²) < 4.78 is 15.3. The highest BCUT2D eigenvalue weighted by atomic mass is 16.5. The van der Waals surface area contributed by atoms with Crippen molar-refractivity contribution in [2.45, 2.75) is 19.3 Å². The number of rotatable bonds is 4. The Kier molecular flexibility index (Phi) is 5.54. The van der Waals surface area contributed by atoms with Gasteiger partial charge in [0, 0.05) is 33.2 Å². The highest BCUT2D eigenvalue weighted by Crippen LogP contribution is 2.55. The van der Waals surface area contributed by atoms with E-state index in [1.54, 1.807) is 0 Å². The van der Waals surface area contributed by atoms with Crippen LogP contribution < -0.4 is 14.4 Å². The number of hydrogen-bond donors (Lipinski definition) is 0. The van der Waals surface area contributed by atoms with Gasteiger partial charge < -0.3 is 14.4 Å². The van der Waals surface area contributed by atoms with Crippen molar-refractivity contribution in [3.8, 4) is 50.9 Å². The van der Waals surface area contributed by atoms with Crippen molar-refractivity contribution in [3.05, 3.63) is 169 Å². The smallest absolute Gasteiger partial charge is 0.155 e. The van der Waals surface area contributed by atoms with E-state index in [2.05, 4.69) is 163 Å². The lowest BCUT2D eigenvalue weighted by Crippen LogP contribution is -2.15. The molecule has 1 aromatic heterocycles. The van der Waals surface area contributed by atoms with E-state index in [0.29, 0.717) is 0 Å². The zero-order valence-electron chi connectivity index (χ0n) is 29.2. The first kappa shape index (κ1) is 28.9. The third-order valence-corrected chi connectivity index (χ3v) is 11.7. The number of hydrogen-bond acceptors (Lipinski definition) is 3. The second kappa shape index (κ2) is 10.2. The number of benzene rings is 8. The van der Waals surface area contributed by atoms with E-state index < -0.39 is 0 Å². The number of nitrogens with zero attached hydrogens (tertiary/aromatic N) is 2. The maximum Gasteiger partial charge on any atom is 0.155 e. The van der Waals surface area contributed by atoms with E-state index >= 15 is 0 Å². The Morgan fingerprint density at radius 3 is 1.98 bits per heavy atom. The summed E-state index contributed by atoms with van der Waals surface area (Å²) in [5, 5.41) is 4.76. The minimum Gasteiger partial charge on any atom is -0.453 e. The number of para-hydroxylation sites is 2. The quantitative estimate of drug-likeness (QED) is 0.185. The molecule has 0 unspecified atom stereocenters. The summed E-state index contributed by atoms with van der Waals surface area (Å²) >= 11 is 0. The maximum atomic E-state index is 6.63. The average Bonchev–Trinajstić information content (AvgIpc) is 3.65. The molecule has 4 heteroatoms. The van der Waals surface area contributed by atoms with E-state index in [9.17, 15) is 0 Å². The first-order valence-electron chi connectivity index (χ1n) is 18.3. The standard InChI is InChI=1S/C49H32N2O2/c1-49(2)40-13-6-5-11-36(40)38-28-35(23-24-41(38)49)50(34-22-19-29-9-3-4-10-31(29)25-34)33-20-17-30(18-21-33)32-26-39-37-12-7-14-42-46(37)51-47(39)45(27-32)53-44-16-8-15-43(52-42)48(44)51/h3-28H,1-2H3. The SMILES string of the molecule is CC1(C)c2ccccc2-c2cc(N(c3ccc(-c4cc5c6c(c4)c4cccc7c4n6-c4c(cccc4O5)O7)cc3)c3ccc4ccccc4c3)ccc21. The van der Waals surface area contributed by atoms with Crippen molar-refractivity contribution in [1.82, 2.24) is 4.57 Å². The summed E-state index contributed by atoms with van der Waals surface area (Å²) in [4.78, 5) is 2.39. The predicted molar refractivity (Wildman–Crippen MR) is 216 cm³/mol. The predicted octanol–water partition coefficient (Wildman–Crippen LogP) is 13.6. The Hall–Kier alpha value is -6.78. The van der Waals surface area contributed by atoms with E-state index in [-0.39, 0.29) is 5.41 Å². The van der Waals surface area contributed by atoms with Crippen molar-refractivity contribution >= 4 is 49.6 Å². The van der Waals surface area contributed by atoms with Gasteiger partial charge >= 0.3 is 0 Å². The summed E-state index contributed by atoms with van der Waals surface area (Å²) in [6, 6.07) is 57.0. The lowest BCUT2D eigenvalue weighted by molar-refractivity contribution is 0.444. The average molecular weight is 681 g/mol. The second-order valence-electron chi connectivity index (χ2n) is 15.0. The van der Waals surface area contributed by atoms with Crippen molar-refractivity contribution in [2.75, 3.05) is 4.90 Å². The molecule has 0 saturated heterocycles. The molecular formula is C49H32N2O2. The molecule has 0 N–H and O–H groups in total. The van der Waals surface area contributed by atoms with E-state index in [0.717, 1.165) is 78.7 Å². The van der Waals surface area contributed by atoms with Crippen LogP contribution in [0.1, 0.15) is 25.0 Å². The third kappa shape index (κ3) is 3.90. The molecule has 0 fully saturated rings. The van der Waals surface area contributed by atoms with Gasteiger partial charge in [0.05, 0.1) is 11.0 Å². The number of ether oxygens (including phenoxy) is 2. The molecule has 53 heavy (non-hydrogen) atoms. The monoisotopic (exact) mass is 680 g/mol. The van der Waals surface area contributed by atoms with Gasteiger partial charge in [-0.3, -0.25) is 4.57 Å². The summed E-state index contributed by atoms with van der Waals surface area (Å²) in [5.74, 6) is 3.35. The topological polar surface area (TPSA) is 26.6 Å². The molecular weight excluding hydrogens is 649 g/mol. The van der Waals surface area contributed by atoms with Crippen molar-refractivity contribution in [1.29, 1.82) is 0 Å². The van der Waals surface area contributed by atoms with Crippen LogP contribution in [0.15, 0.2) is 158 Å². The fraction of sp³-hybridized carbons (Fsp3) is 0.0612. The van der Waals surface area contributed by atoms with Crippen LogP contribution in [0.2, 0.25) is 0 Å². The van der Waals surface area contributed by atoms with Gasteiger partial charge in [-0.25, -0.2) is 0 Å². The highest BCUT2D eigenvalue weighted by Gasteiger charge is 2.36. The molecule has 0 spiro atoms. The highest BCUT2D eigenvalue weighted by molar-refractivity contribution is 6.16. The van der Waals surface area contributed by atoms with Crippen molar-refractivity contribution in [2.24, 2.45) is 0 Å². The molecule has 250 valence electrons. The number of aromatic nitrogens is 1. The zero-order valence-corrected chi connectivity index (χ0v) is 29.2. The lowest BCUT2D eigenvalue weighted by atomic mass is 9.82. The third-order valence-electron chi connectivity index (χ3n) is 11.7. The largest absolute Gasteiger partial charge is 0.453 e. The van der Waals surface area contributed by atoms with E-state index in [1.165, 1.54) is 33.0 Å². The molecule has 0 radical (unpaired) electrons. The first-order chi connectivity index (χ1) is 26.0. The normalized spacial score (nSPS) is 13.9. The van der Waals surface area contributed by atoms with Gasteiger partial charge in [-0.15, -0.1) is 0 Å². The fourth-order valence-corrected chi connectivity index (χ4v) is 9.21. The minimum atomic E-state index is -0.0486. The van der Waals surface area contributed by atoms with Crippen molar-refractivity contribution in [3.63, 3.8) is 0 Å². The molecule has 0 saturated carbocycles. The van der Waals surface area contributed by atoms with Crippen LogP contribution in [0.25, 0.3) is 60.5 Å². The molecule has 0 atom stereocenters. The Labute approximate surface area is 306 Å². The molecule has 1 aliphatic carbocycles. The van der Waals surface area contributed by atoms with Crippen LogP contribution in [-0.2, 0) is 5.41 Å². The Morgan fingerprint density at radius 2 is 1.11 bits per heavy atom. The van der Waals surface area contributed by atoms with E-state index in [4.69, 9.17) is 9.47 Å². The Morgan fingerprint density at radius 1 is 0.453 bits per heavy atom. The zero-order chi connectivity index (χ0) is 35.0. The number of anilines is 3. The second-order valence-corrected chi connectivity index (χ2v) is 15.0. The maximum absolute atomic E-state index is 6.63. The molecule has 0 bridgehead atoms. The van der Waals surface area contributed by atoms with Crippen LogP contribution in [-0.4, -0.2) is 4.57 Å². The fourth-order valence-electron chi connectivity index (χ4n) is 9.21. The van der Waals surface area contributed by atoms with Crippen LogP contribution >= 0.6 is 0 Å². The summed E-state index contributed by atoms with van der Waals surface area (Å²) in [7, 11) is 0. The van der Waals surface area contributed by atoms with Gasteiger partial charge in [0.2, 0.25) is 0 Å².